The summed E-state index contributed by atoms with van der Waals surface area (Å²) in [5.41, 5.74) is 0. The molecule has 2 aliphatic heterocycles. The second-order valence-corrected chi connectivity index (χ2v) is 6.07. The van der Waals surface area contributed by atoms with Gasteiger partial charge in [0, 0.05) is 12.1 Å². The molecule has 7 nitrogen and oxygen atoms in total. The zero-order valence-electron chi connectivity index (χ0n) is 16.9. The van der Waals surface area contributed by atoms with Crippen LogP contribution in [0.4, 0.5) is 4.79 Å². The molecule has 1 fully saturated rings. The van der Waals surface area contributed by atoms with Crippen LogP contribution in [0.1, 0.15) is 60.8 Å². The Balaban J connectivity index is 0.00000104. The maximum absolute atomic E-state index is 12.3. The van der Waals surface area contributed by atoms with Gasteiger partial charge in [0.15, 0.2) is 0 Å². The van der Waals surface area contributed by atoms with Crippen molar-refractivity contribution in [3.05, 3.63) is 0 Å². The van der Waals surface area contributed by atoms with Crippen molar-refractivity contribution in [3.63, 3.8) is 0 Å². The van der Waals surface area contributed by atoms with Crippen molar-refractivity contribution < 1.29 is 14.3 Å². The number of nitrogens with one attached hydrogen (secondary N) is 2. The Morgan fingerprint density at radius 1 is 1.28 bits per heavy atom. The second kappa shape index (κ2) is 12.6. The number of nitrogens with zero attached hydrogens (tertiary/aromatic N) is 2. The Morgan fingerprint density at radius 2 is 1.88 bits per heavy atom. The lowest BCUT2D eigenvalue weighted by molar-refractivity contribution is -0.131. The van der Waals surface area contributed by atoms with Crippen LogP contribution in [0, 0.1) is 0 Å². The molecule has 0 aromatic heterocycles. The van der Waals surface area contributed by atoms with Gasteiger partial charge in [-0.25, -0.2) is 4.79 Å². The van der Waals surface area contributed by atoms with Crippen molar-refractivity contribution in [3.8, 4) is 0 Å². The van der Waals surface area contributed by atoms with E-state index in [2.05, 4.69) is 41.1 Å². The number of aliphatic imine (C=N–C) groups is 1. The first-order valence-corrected chi connectivity index (χ1v) is 9.38. The van der Waals surface area contributed by atoms with E-state index in [1.165, 1.54) is 13.5 Å². The molecule has 7 heteroatoms. The van der Waals surface area contributed by atoms with E-state index in [-0.39, 0.29) is 24.5 Å². The predicted octanol–water partition coefficient (Wildman–Crippen LogP) is 2.55. The molecule has 0 aliphatic carbocycles. The van der Waals surface area contributed by atoms with Crippen molar-refractivity contribution in [2.75, 3.05) is 20.2 Å². The van der Waals surface area contributed by atoms with Crippen LogP contribution in [0.2, 0.25) is 0 Å². The number of amidine groups is 1. The molecular formula is C18H36N4O3. The summed E-state index contributed by atoms with van der Waals surface area (Å²) in [4.78, 5) is 29.6. The number of carbonyl (C=O) groups excluding carboxylic acids is 2. The Labute approximate surface area is 152 Å². The topological polar surface area (TPSA) is 83.0 Å². The molecule has 0 aromatic carbocycles. The Kier molecular flexibility index (Phi) is 11.7. The standard InChI is InChI=1S/C13H22N4O3.C3H8.C2H6/c1-8-6-14-12(16-8)10-5-4-9(2)17(10)11(18)7-15-13(19)20-3;1-3-2;1-2/h8-10H,4-7H2,1-3H3,(H,14,16)(H,15,19);3H2,1-2H3;1-2H3. The molecule has 2 N–H and O–H groups in total. The lowest BCUT2D eigenvalue weighted by Gasteiger charge is -2.29. The Hall–Kier alpha value is -1.79. The van der Waals surface area contributed by atoms with Gasteiger partial charge in [0.1, 0.15) is 12.4 Å². The number of amides is 2. The fourth-order valence-electron chi connectivity index (χ4n) is 2.76. The molecule has 146 valence electrons. The van der Waals surface area contributed by atoms with E-state index in [4.69, 9.17) is 0 Å². The zero-order valence-corrected chi connectivity index (χ0v) is 16.9. The molecule has 2 rings (SSSR count). The van der Waals surface area contributed by atoms with Crippen LogP contribution in [-0.4, -0.2) is 61.1 Å². The highest BCUT2D eigenvalue weighted by molar-refractivity contribution is 5.94. The van der Waals surface area contributed by atoms with Crippen LogP contribution in [0.3, 0.4) is 0 Å². The van der Waals surface area contributed by atoms with E-state index < -0.39 is 6.09 Å². The monoisotopic (exact) mass is 356 g/mol. The third-order valence-electron chi connectivity index (χ3n) is 3.77. The van der Waals surface area contributed by atoms with E-state index in [1.807, 2.05) is 25.7 Å². The van der Waals surface area contributed by atoms with Gasteiger partial charge in [-0.3, -0.25) is 9.79 Å². The van der Waals surface area contributed by atoms with Gasteiger partial charge in [-0.15, -0.1) is 0 Å². The number of rotatable bonds is 3. The molecule has 3 unspecified atom stereocenters. The van der Waals surface area contributed by atoms with Crippen molar-refractivity contribution >= 4 is 17.8 Å². The van der Waals surface area contributed by atoms with Gasteiger partial charge in [0.2, 0.25) is 5.91 Å². The van der Waals surface area contributed by atoms with Gasteiger partial charge in [-0.05, 0) is 26.7 Å². The van der Waals surface area contributed by atoms with Crippen LogP contribution in [0.5, 0.6) is 0 Å². The van der Waals surface area contributed by atoms with E-state index in [0.717, 1.165) is 25.2 Å². The number of ether oxygens (including phenoxy) is 1. The van der Waals surface area contributed by atoms with Crippen LogP contribution in [0.25, 0.3) is 0 Å². The van der Waals surface area contributed by atoms with Crippen LogP contribution >= 0.6 is 0 Å². The van der Waals surface area contributed by atoms with Crippen LogP contribution in [-0.2, 0) is 9.53 Å². The van der Waals surface area contributed by atoms with Gasteiger partial charge in [-0.2, -0.15) is 0 Å². The molecule has 1 saturated heterocycles. The minimum absolute atomic E-state index is 0.00176. The lowest BCUT2D eigenvalue weighted by Crippen LogP contribution is -2.51. The summed E-state index contributed by atoms with van der Waals surface area (Å²) in [6, 6.07) is 0.486. The maximum Gasteiger partial charge on any atom is 0.407 e. The van der Waals surface area contributed by atoms with Gasteiger partial charge >= 0.3 is 6.09 Å². The normalized spacial score (nSPS) is 24.0. The second-order valence-electron chi connectivity index (χ2n) is 6.07. The quantitative estimate of drug-likeness (QED) is 0.814. The maximum atomic E-state index is 12.3. The third kappa shape index (κ3) is 7.32. The van der Waals surface area contributed by atoms with Gasteiger partial charge in [0.05, 0.1) is 19.7 Å². The number of hydrogen-bond acceptors (Lipinski definition) is 5. The van der Waals surface area contributed by atoms with Crippen molar-refractivity contribution in [1.82, 2.24) is 15.5 Å². The number of methoxy groups -OCH3 is 1. The SMILES string of the molecule is CC.CCC.COC(=O)NCC(=O)N1C(C)CCC1C1=NCC(C)N1. The summed E-state index contributed by atoms with van der Waals surface area (Å²) in [6.45, 7) is 13.0. The van der Waals surface area contributed by atoms with Crippen LogP contribution < -0.4 is 10.6 Å². The van der Waals surface area contributed by atoms with E-state index in [1.54, 1.807) is 0 Å². The summed E-state index contributed by atoms with van der Waals surface area (Å²) in [7, 11) is 1.28. The molecule has 0 radical (unpaired) electrons. The molecule has 2 aliphatic rings. The zero-order chi connectivity index (χ0) is 19.4. The lowest BCUT2D eigenvalue weighted by atomic mass is 10.2. The molecule has 2 amide bonds. The van der Waals surface area contributed by atoms with Crippen molar-refractivity contribution in [1.29, 1.82) is 0 Å². The van der Waals surface area contributed by atoms with Gasteiger partial charge in [0.25, 0.3) is 0 Å². The van der Waals surface area contributed by atoms with Crippen LogP contribution in [0.15, 0.2) is 4.99 Å². The molecule has 2 heterocycles. The Bertz CT molecular complexity index is 440. The van der Waals surface area contributed by atoms with E-state index >= 15 is 0 Å². The minimum Gasteiger partial charge on any atom is -0.453 e. The highest BCUT2D eigenvalue weighted by Crippen LogP contribution is 2.25. The number of alkyl carbamates (subject to hydrolysis) is 1. The molecule has 0 bridgehead atoms. The predicted molar refractivity (Wildman–Crippen MR) is 102 cm³/mol. The minimum atomic E-state index is -0.591. The average molecular weight is 357 g/mol. The smallest absolute Gasteiger partial charge is 0.407 e. The number of carbonyl (C=O) groups is 2. The summed E-state index contributed by atoms with van der Waals surface area (Å²) >= 11 is 0. The summed E-state index contributed by atoms with van der Waals surface area (Å²) < 4.78 is 4.47. The third-order valence-corrected chi connectivity index (χ3v) is 3.77. The largest absolute Gasteiger partial charge is 0.453 e. The van der Waals surface area contributed by atoms with Crippen molar-refractivity contribution in [2.45, 2.75) is 78.9 Å². The molecule has 3 atom stereocenters. The fourth-order valence-corrected chi connectivity index (χ4v) is 2.76. The highest BCUT2D eigenvalue weighted by Gasteiger charge is 2.38. The first kappa shape index (κ1) is 23.2. The molecule has 25 heavy (non-hydrogen) atoms. The van der Waals surface area contributed by atoms with Gasteiger partial charge < -0.3 is 20.3 Å². The summed E-state index contributed by atoms with van der Waals surface area (Å²) in [6.07, 6.45) is 2.51. The van der Waals surface area contributed by atoms with E-state index in [0.29, 0.717) is 6.04 Å². The molecule has 0 spiro atoms. The highest BCUT2D eigenvalue weighted by atomic mass is 16.5. The first-order chi connectivity index (χ1) is 11.9. The van der Waals surface area contributed by atoms with Crippen molar-refractivity contribution in [2.24, 2.45) is 4.99 Å². The van der Waals surface area contributed by atoms with Gasteiger partial charge in [-0.1, -0.05) is 34.1 Å². The number of hydrogen-bond donors (Lipinski definition) is 2. The average Bonchev–Trinajstić information content (AvgIpc) is 3.20. The first-order valence-electron chi connectivity index (χ1n) is 9.38. The van der Waals surface area contributed by atoms with E-state index in [9.17, 15) is 9.59 Å². The fraction of sp³-hybridized carbons (Fsp3) is 0.833. The summed E-state index contributed by atoms with van der Waals surface area (Å²) in [5.74, 6) is 0.794. The molecule has 0 saturated carbocycles. The number of likely N-dealkylation sites (tertiary alicyclic amines) is 1. The molecule has 0 aromatic rings. The summed E-state index contributed by atoms with van der Waals surface area (Å²) in [5, 5.41) is 5.76. The molecular weight excluding hydrogens is 320 g/mol. The Morgan fingerprint density at radius 3 is 2.36 bits per heavy atom.